The Hall–Kier alpha value is -1.43. The fraction of sp³-hybridized carbons (Fsp3) is 0.474. The average Bonchev–Trinajstić information content (AvgIpc) is 3.15. The first-order valence-corrected chi connectivity index (χ1v) is 10.0. The van der Waals surface area contributed by atoms with Crippen molar-refractivity contribution in [1.29, 1.82) is 0 Å². The second-order valence-electron chi connectivity index (χ2n) is 6.74. The van der Waals surface area contributed by atoms with Crippen molar-refractivity contribution in [3.8, 4) is 0 Å². The van der Waals surface area contributed by atoms with Gasteiger partial charge >= 0.3 is 0 Å². The van der Waals surface area contributed by atoms with Gasteiger partial charge in [-0.3, -0.25) is 4.79 Å². The number of nitrogens with zero attached hydrogens (tertiary/aromatic N) is 3. The van der Waals surface area contributed by atoms with E-state index in [0.717, 1.165) is 37.6 Å². The Morgan fingerprint density at radius 2 is 2.20 bits per heavy atom. The Balaban J connectivity index is 1.47. The Kier molecular flexibility index (Phi) is 6.45. The molecule has 1 fully saturated rings. The maximum absolute atomic E-state index is 12.3. The zero-order valence-corrected chi connectivity index (χ0v) is 16.1. The van der Waals surface area contributed by atoms with Crippen molar-refractivity contribution < 1.29 is 4.79 Å². The molecule has 6 heteroatoms. The van der Waals surface area contributed by atoms with E-state index < -0.39 is 0 Å². The summed E-state index contributed by atoms with van der Waals surface area (Å²) in [5.74, 6) is 0.561. The van der Waals surface area contributed by atoms with Gasteiger partial charge in [0.25, 0.3) is 5.91 Å². The van der Waals surface area contributed by atoms with E-state index in [1.54, 1.807) is 5.51 Å². The molecule has 0 aliphatic carbocycles. The second kappa shape index (κ2) is 8.79. The molecule has 0 spiro atoms. The molecule has 1 saturated heterocycles. The van der Waals surface area contributed by atoms with Crippen LogP contribution in [0.2, 0.25) is 5.02 Å². The summed E-state index contributed by atoms with van der Waals surface area (Å²) in [5, 5.41) is 2.60. The van der Waals surface area contributed by atoms with Crippen LogP contribution in [-0.2, 0) is 6.42 Å². The van der Waals surface area contributed by atoms with E-state index in [1.165, 1.54) is 29.7 Å². The van der Waals surface area contributed by atoms with Gasteiger partial charge in [-0.25, -0.2) is 4.98 Å². The number of thiazole rings is 1. The van der Waals surface area contributed by atoms with Crippen molar-refractivity contribution >= 4 is 28.8 Å². The zero-order valence-electron chi connectivity index (χ0n) is 14.5. The molecule has 2 aromatic rings. The molecule has 0 saturated carbocycles. The fourth-order valence-electron chi connectivity index (χ4n) is 3.43. The quantitative estimate of drug-likeness (QED) is 0.767. The molecule has 134 valence electrons. The Bertz CT molecular complexity index is 674. The number of carbonyl (C=O) groups excluding carboxylic acids is 1. The van der Waals surface area contributed by atoms with Crippen LogP contribution in [0.4, 0.5) is 0 Å². The number of aromatic nitrogens is 1. The summed E-state index contributed by atoms with van der Waals surface area (Å²) < 4.78 is 0. The van der Waals surface area contributed by atoms with Gasteiger partial charge in [0, 0.05) is 37.1 Å². The molecule has 0 radical (unpaired) electrons. The standard InChI is InChI=1S/C19H24ClN3OS/c1-22(19(24)18-13-25-14-21-18)11-16-3-2-9-23(12-16)10-8-15-4-6-17(20)7-5-15/h4-7,13-14,16H,2-3,8-12H2,1H3/t16-/m0/s1. The number of amides is 1. The van der Waals surface area contributed by atoms with Gasteiger partial charge in [-0.1, -0.05) is 23.7 Å². The minimum absolute atomic E-state index is 0.0273. The molecule has 1 aromatic carbocycles. The van der Waals surface area contributed by atoms with E-state index in [0.29, 0.717) is 11.6 Å². The van der Waals surface area contributed by atoms with E-state index in [4.69, 9.17) is 11.6 Å². The van der Waals surface area contributed by atoms with E-state index in [1.807, 2.05) is 29.5 Å². The molecule has 1 aromatic heterocycles. The normalized spacial score (nSPS) is 18.2. The third-order valence-corrected chi connectivity index (χ3v) is 5.60. The molecule has 1 aliphatic heterocycles. The molecule has 0 bridgehead atoms. The van der Waals surface area contributed by atoms with Crippen LogP contribution in [0.25, 0.3) is 0 Å². The lowest BCUT2D eigenvalue weighted by molar-refractivity contribution is 0.0725. The molecular weight excluding hydrogens is 354 g/mol. The Morgan fingerprint density at radius 1 is 1.40 bits per heavy atom. The zero-order chi connectivity index (χ0) is 17.6. The van der Waals surface area contributed by atoms with Gasteiger partial charge < -0.3 is 9.80 Å². The molecule has 2 heterocycles. The van der Waals surface area contributed by atoms with Crippen LogP contribution in [0.3, 0.4) is 0 Å². The molecule has 3 rings (SSSR count). The summed E-state index contributed by atoms with van der Waals surface area (Å²) >= 11 is 7.41. The summed E-state index contributed by atoms with van der Waals surface area (Å²) in [4.78, 5) is 20.8. The highest BCUT2D eigenvalue weighted by Gasteiger charge is 2.23. The van der Waals surface area contributed by atoms with Crippen LogP contribution in [0.15, 0.2) is 35.2 Å². The molecule has 0 N–H and O–H groups in total. The van der Waals surface area contributed by atoms with Crippen LogP contribution < -0.4 is 0 Å². The molecule has 25 heavy (non-hydrogen) atoms. The first-order valence-electron chi connectivity index (χ1n) is 8.72. The Labute approximate surface area is 158 Å². The van der Waals surface area contributed by atoms with E-state index >= 15 is 0 Å². The number of hydrogen-bond acceptors (Lipinski definition) is 4. The maximum Gasteiger partial charge on any atom is 0.273 e. The highest BCUT2D eigenvalue weighted by atomic mass is 35.5. The summed E-state index contributed by atoms with van der Waals surface area (Å²) in [6, 6.07) is 8.11. The van der Waals surface area contributed by atoms with Crippen molar-refractivity contribution in [1.82, 2.24) is 14.8 Å². The largest absolute Gasteiger partial charge is 0.340 e. The van der Waals surface area contributed by atoms with Gasteiger partial charge in [0.05, 0.1) is 5.51 Å². The topological polar surface area (TPSA) is 36.4 Å². The smallest absolute Gasteiger partial charge is 0.273 e. The van der Waals surface area contributed by atoms with Gasteiger partial charge in [0.1, 0.15) is 5.69 Å². The SMILES string of the molecule is CN(C[C@@H]1CCCN(CCc2ccc(Cl)cc2)C1)C(=O)c1cscn1. The molecule has 1 atom stereocenters. The predicted octanol–water partition coefficient (Wildman–Crippen LogP) is 3.82. The number of benzene rings is 1. The maximum atomic E-state index is 12.3. The van der Waals surface area contributed by atoms with Crippen LogP contribution >= 0.6 is 22.9 Å². The average molecular weight is 378 g/mol. The molecule has 1 aliphatic rings. The van der Waals surface area contributed by atoms with Gasteiger partial charge in [-0.2, -0.15) is 0 Å². The number of hydrogen-bond donors (Lipinski definition) is 0. The van der Waals surface area contributed by atoms with Crippen LogP contribution in [0, 0.1) is 5.92 Å². The lowest BCUT2D eigenvalue weighted by Gasteiger charge is -2.34. The van der Waals surface area contributed by atoms with E-state index in [2.05, 4.69) is 22.0 Å². The van der Waals surface area contributed by atoms with Gasteiger partial charge in [-0.15, -0.1) is 11.3 Å². The first kappa shape index (κ1) is 18.4. The summed E-state index contributed by atoms with van der Waals surface area (Å²) in [6.07, 6.45) is 3.42. The lowest BCUT2D eigenvalue weighted by atomic mass is 9.97. The minimum Gasteiger partial charge on any atom is -0.340 e. The summed E-state index contributed by atoms with van der Waals surface area (Å²) in [7, 11) is 1.88. The molecule has 4 nitrogen and oxygen atoms in total. The minimum atomic E-state index is 0.0273. The summed E-state index contributed by atoms with van der Waals surface area (Å²) in [6.45, 7) is 4.06. The number of halogens is 1. The number of rotatable bonds is 6. The van der Waals surface area contributed by atoms with Crippen molar-refractivity contribution in [3.63, 3.8) is 0 Å². The van der Waals surface area contributed by atoms with Crippen molar-refractivity contribution in [2.24, 2.45) is 5.92 Å². The highest BCUT2D eigenvalue weighted by molar-refractivity contribution is 7.07. The third kappa shape index (κ3) is 5.27. The van der Waals surface area contributed by atoms with Gasteiger partial charge in [0.2, 0.25) is 0 Å². The molecule has 1 amide bonds. The van der Waals surface area contributed by atoms with E-state index in [9.17, 15) is 4.79 Å². The van der Waals surface area contributed by atoms with Crippen molar-refractivity contribution in [2.45, 2.75) is 19.3 Å². The van der Waals surface area contributed by atoms with Crippen LogP contribution in [-0.4, -0.2) is 53.9 Å². The Morgan fingerprint density at radius 3 is 2.92 bits per heavy atom. The second-order valence-corrected chi connectivity index (χ2v) is 7.90. The number of piperidine rings is 1. The lowest BCUT2D eigenvalue weighted by Crippen LogP contribution is -2.42. The van der Waals surface area contributed by atoms with Crippen LogP contribution in [0.1, 0.15) is 28.9 Å². The predicted molar refractivity (Wildman–Crippen MR) is 103 cm³/mol. The fourth-order valence-corrected chi connectivity index (χ4v) is 4.08. The first-order chi connectivity index (χ1) is 12.1. The number of carbonyl (C=O) groups is 1. The highest BCUT2D eigenvalue weighted by Crippen LogP contribution is 2.19. The van der Waals surface area contributed by atoms with Crippen molar-refractivity contribution in [3.05, 3.63) is 51.4 Å². The van der Waals surface area contributed by atoms with Crippen LogP contribution in [0.5, 0.6) is 0 Å². The number of likely N-dealkylation sites (tertiary alicyclic amines) is 1. The third-order valence-electron chi connectivity index (χ3n) is 4.76. The van der Waals surface area contributed by atoms with Gasteiger partial charge in [0.15, 0.2) is 0 Å². The van der Waals surface area contributed by atoms with Gasteiger partial charge in [-0.05, 0) is 49.4 Å². The monoisotopic (exact) mass is 377 g/mol. The molecular formula is C19H24ClN3OS. The van der Waals surface area contributed by atoms with E-state index in [-0.39, 0.29) is 5.91 Å². The molecule has 0 unspecified atom stereocenters. The van der Waals surface area contributed by atoms with Crippen molar-refractivity contribution in [2.75, 3.05) is 33.2 Å². The summed E-state index contributed by atoms with van der Waals surface area (Å²) in [5.41, 5.74) is 3.59.